The molecule has 0 aliphatic carbocycles. The molecule has 0 spiro atoms. The number of hydrogen-bond acceptors (Lipinski definition) is 4. The molecule has 2 heterocycles. The summed E-state index contributed by atoms with van der Waals surface area (Å²) in [4.78, 5) is 11.4. The molecule has 0 aromatic heterocycles. The largest absolute Gasteiger partial charge is 0.459 e. The fraction of sp³-hybridized carbons (Fsp3) is 0.727. The van der Waals surface area contributed by atoms with E-state index in [0.29, 0.717) is 31.3 Å². The first-order valence-corrected chi connectivity index (χ1v) is 5.34. The second-order valence-electron chi connectivity index (χ2n) is 4.00. The Morgan fingerprint density at radius 1 is 1.33 bits per heavy atom. The molecule has 2 aliphatic rings. The van der Waals surface area contributed by atoms with Gasteiger partial charge in [0, 0.05) is 5.57 Å². The van der Waals surface area contributed by atoms with Crippen LogP contribution in [0, 0.1) is 0 Å². The van der Waals surface area contributed by atoms with E-state index < -0.39 is 0 Å². The maximum Gasteiger partial charge on any atom is 0.333 e. The monoisotopic (exact) mass is 212 g/mol. The fourth-order valence-electron chi connectivity index (χ4n) is 1.31. The Hall–Kier alpha value is -0.870. The molecule has 2 saturated heterocycles. The minimum absolute atomic E-state index is 0.126. The van der Waals surface area contributed by atoms with Crippen molar-refractivity contribution in [1.29, 1.82) is 0 Å². The molecule has 0 aromatic rings. The van der Waals surface area contributed by atoms with Crippen molar-refractivity contribution in [3.8, 4) is 0 Å². The summed E-state index contributed by atoms with van der Waals surface area (Å²) < 4.78 is 15.0. The van der Waals surface area contributed by atoms with Crippen LogP contribution in [0.3, 0.4) is 0 Å². The fourth-order valence-corrected chi connectivity index (χ4v) is 1.31. The molecule has 0 saturated carbocycles. The third-order valence-electron chi connectivity index (χ3n) is 2.50. The van der Waals surface area contributed by atoms with Crippen molar-refractivity contribution < 1.29 is 19.0 Å². The van der Waals surface area contributed by atoms with Crippen LogP contribution in [0.4, 0.5) is 0 Å². The highest BCUT2D eigenvalue weighted by Gasteiger charge is 2.25. The Morgan fingerprint density at radius 2 is 2.00 bits per heavy atom. The minimum atomic E-state index is -0.290. The zero-order valence-electron chi connectivity index (χ0n) is 8.74. The molecule has 0 amide bonds. The summed E-state index contributed by atoms with van der Waals surface area (Å²) in [6.07, 6.45) is 3.20. The predicted molar refractivity (Wildman–Crippen MR) is 53.4 cm³/mol. The number of carbonyl (C=O) groups excluding carboxylic acids is 1. The van der Waals surface area contributed by atoms with Gasteiger partial charge in [-0.25, -0.2) is 4.79 Å². The van der Waals surface area contributed by atoms with Crippen molar-refractivity contribution >= 4 is 5.97 Å². The second-order valence-corrected chi connectivity index (χ2v) is 4.00. The lowest BCUT2D eigenvalue weighted by atomic mass is 10.1. The highest BCUT2D eigenvalue weighted by molar-refractivity contribution is 5.87. The van der Waals surface area contributed by atoms with E-state index in [-0.39, 0.29) is 12.1 Å². The van der Waals surface area contributed by atoms with E-state index in [9.17, 15) is 4.79 Å². The van der Waals surface area contributed by atoms with Crippen LogP contribution >= 0.6 is 0 Å². The lowest BCUT2D eigenvalue weighted by Gasteiger charge is -2.04. The lowest BCUT2D eigenvalue weighted by molar-refractivity contribution is -0.139. The van der Waals surface area contributed by atoms with Gasteiger partial charge in [-0.15, -0.1) is 0 Å². The molecule has 84 valence electrons. The van der Waals surface area contributed by atoms with E-state index in [1.807, 2.05) is 0 Å². The molecule has 0 N–H and O–H groups in total. The number of hydrogen-bond donors (Lipinski definition) is 0. The topological polar surface area (TPSA) is 51.4 Å². The molecule has 0 aromatic carbocycles. The number of rotatable bonds is 7. The summed E-state index contributed by atoms with van der Waals surface area (Å²) in [7, 11) is 0. The van der Waals surface area contributed by atoms with Gasteiger partial charge < -0.3 is 14.2 Å². The average Bonchev–Trinajstić information content (AvgIpc) is 3.07. The minimum Gasteiger partial charge on any atom is -0.459 e. The highest BCUT2D eigenvalue weighted by Crippen LogP contribution is 2.18. The first-order valence-electron chi connectivity index (χ1n) is 5.34. The van der Waals surface area contributed by atoms with E-state index >= 15 is 0 Å². The molecule has 2 fully saturated rings. The Labute approximate surface area is 89.2 Å². The van der Waals surface area contributed by atoms with Crippen LogP contribution in [0.15, 0.2) is 12.2 Å². The molecule has 2 atom stereocenters. The van der Waals surface area contributed by atoms with Crippen LogP contribution in [-0.2, 0) is 19.0 Å². The summed E-state index contributed by atoms with van der Waals surface area (Å²) in [6.45, 7) is 5.66. The third kappa shape index (κ3) is 4.01. The normalized spacial score (nSPS) is 27.2. The summed E-state index contributed by atoms with van der Waals surface area (Å²) in [5, 5.41) is 0. The van der Waals surface area contributed by atoms with Gasteiger partial charge in [0.15, 0.2) is 0 Å². The molecule has 4 heteroatoms. The number of ether oxygens (including phenoxy) is 3. The molecule has 0 radical (unpaired) electrons. The summed E-state index contributed by atoms with van der Waals surface area (Å²) in [6, 6.07) is 0. The van der Waals surface area contributed by atoms with Crippen molar-refractivity contribution in [3.63, 3.8) is 0 Å². The average molecular weight is 212 g/mol. The number of esters is 1. The number of carbonyl (C=O) groups is 1. The Kier molecular flexibility index (Phi) is 3.38. The Morgan fingerprint density at radius 3 is 2.60 bits per heavy atom. The van der Waals surface area contributed by atoms with Crippen molar-refractivity contribution in [2.75, 3.05) is 19.8 Å². The third-order valence-corrected chi connectivity index (χ3v) is 2.50. The molecule has 0 bridgehead atoms. The quantitative estimate of drug-likeness (QED) is 0.359. The first-order chi connectivity index (χ1) is 7.25. The molecule has 2 rings (SSSR count). The summed E-state index contributed by atoms with van der Waals surface area (Å²) >= 11 is 0. The van der Waals surface area contributed by atoms with E-state index in [4.69, 9.17) is 14.2 Å². The molecular weight excluding hydrogens is 196 g/mol. The van der Waals surface area contributed by atoms with Crippen LogP contribution in [0.2, 0.25) is 0 Å². The predicted octanol–water partition coefficient (Wildman–Crippen LogP) is 1.05. The zero-order valence-corrected chi connectivity index (χ0v) is 8.74. The Balaban J connectivity index is 1.53. The second kappa shape index (κ2) is 4.77. The van der Waals surface area contributed by atoms with Crippen LogP contribution < -0.4 is 0 Å². The van der Waals surface area contributed by atoms with Gasteiger partial charge >= 0.3 is 5.97 Å². The van der Waals surface area contributed by atoms with E-state index in [1.165, 1.54) is 0 Å². The van der Waals surface area contributed by atoms with E-state index in [1.54, 1.807) is 0 Å². The standard InChI is InChI=1S/C11H16O4/c1-8(3-2-4-9-5-13-9)11(12)15-7-10-6-14-10/h9-10H,1-7H2. The Bertz CT molecular complexity index is 253. The highest BCUT2D eigenvalue weighted by atomic mass is 16.6. The molecule has 15 heavy (non-hydrogen) atoms. The van der Waals surface area contributed by atoms with Gasteiger partial charge in [0.05, 0.1) is 19.3 Å². The lowest BCUT2D eigenvalue weighted by Crippen LogP contribution is -2.11. The van der Waals surface area contributed by atoms with Crippen LogP contribution in [0.1, 0.15) is 19.3 Å². The van der Waals surface area contributed by atoms with Crippen LogP contribution in [-0.4, -0.2) is 38.0 Å². The van der Waals surface area contributed by atoms with Crippen molar-refractivity contribution in [1.82, 2.24) is 0 Å². The van der Waals surface area contributed by atoms with E-state index in [0.717, 1.165) is 19.4 Å². The summed E-state index contributed by atoms with van der Waals surface area (Å²) in [5.74, 6) is -0.290. The number of epoxide rings is 2. The first kappa shape index (κ1) is 10.6. The van der Waals surface area contributed by atoms with Crippen molar-refractivity contribution in [3.05, 3.63) is 12.2 Å². The molecule has 2 unspecified atom stereocenters. The van der Waals surface area contributed by atoms with Crippen molar-refractivity contribution in [2.45, 2.75) is 31.5 Å². The van der Waals surface area contributed by atoms with Gasteiger partial charge in [0.2, 0.25) is 0 Å². The van der Waals surface area contributed by atoms with Gasteiger partial charge in [0.25, 0.3) is 0 Å². The zero-order chi connectivity index (χ0) is 10.7. The van der Waals surface area contributed by atoms with Crippen molar-refractivity contribution in [2.24, 2.45) is 0 Å². The summed E-state index contributed by atoms with van der Waals surface area (Å²) in [5.41, 5.74) is 0.552. The maximum atomic E-state index is 11.4. The van der Waals surface area contributed by atoms with Gasteiger partial charge in [-0.05, 0) is 19.3 Å². The van der Waals surface area contributed by atoms with Gasteiger partial charge in [-0.3, -0.25) is 0 Å². The molecule has 2 aliphatic heterocycles. The smallest absolute Gasteiger partial charge is 0.333 e. The van der Waals surface area contributed by atoms with Crippen LogP contribution in [0.25, 0.3) is 0 Å². The maximum absolute atomic E-state index is 11.4. The molecular formula is C11H16O4. The SMILES string of the molecule is C=C(CCCC1CO1)C(=O)OCC1CO1. The molecule has 4 nitrogen and oxygen atoms in total. The van der Waals surface area contributed by atoms with Crippen LogP contribution in [0.5, 0.6) is 0 Å². The van der Waals surface area contributed by atoms with E-state index in [2.05, 4.69) is 6.58 Å². The van der Waals surface area contributed by atoms with Gasteiger partial charge in [-0.2, -0.15) is 0 Å². The van der Waals surface area contributed by atoms with Gasteiger partial charge in [0.1, 0.15) is 12.7 Å². The van der Waals surface area contributed by atoms with Gasteiger partial charge in [-0.1, -0.05) is 6.58 Å².